The number of guanidine groups is 1. The minimum atomic E-state index is -1.22. The molecule has 1 aromatic heterocycles. The lowest BCUT2D eigenvalue weighted by atomic mass is 10.0. The van der Waals surface area contributed by atoms with Crippen LogP contribution in [-0.4, -0.2) is 36.8 Å². The van der Waals surface area contributed by atoms with E-state index in [0.717, 1.165) is 5.76 Å². The molecule has 0 fully saturated rings. The van der Waals surface area contributed by atoms with Crippen molar-refractivity contribution in [3.05, 3.63) is 53.7 Å². The summed E-state index contributed by atoms with van der Waals surface area (Å²) in [6.07, 6.45) is -0.279. The highest BCUT2D eigenvalue weighted by molar-refractivity contribution is 5.79. The molecule has 2 unspecified atom stereocenters. The lowest BCUT2D eigenvalue weighted by Gasteiger charge is -2.21. The molecule has 2 atom stereocenters. The molecule has 0 aliphatic heterocycles. The fraction of sp³-hybridized carbons (Fsp3) is 0.450. The molecule has 2 rings (SSSR count). The molecule has 3 N–H and O–H groups in total. The number of ether oxygens (including phenoxy) is 1. The predicted octanol–water partition coefficient (Wildman–Crippen LogP) is 2.96. The molecular weight excluding hydrogens is 349 g/mol. The van der Waals surface area contributed by atoms with Gasteiger partial charge in [0.25, 0.3) is 0 Å². The van der Waals surface area contributed by atoms with Crippen LogP contribution in [0.3, 0.4) is 0 Å². The van der Waals surface area contributed by atoms with Crippen LogP contribution in [0.25, 0.3) is 0 Å². The molecule has 0 spiro atoms. The van der Waals surface area contributed by atoms with Crippen LogP contribution in [0.15, 0.2) is 45.8 Å². The number of hydrogen-bond donors (Lipinski definition) is 3. The Morgan fingerprint density at radius 3 is 2.67 bits per heavy atom. The number of rotatable bonds is 8. The number of nitrogens with one attached hydrogen (secondary N) is 2. The Morgan fingerprint density at radius 1 is 1.30 bits per heavy atom. The van der Waals surface area contributed by atoms with Gasteiger partial charge in [0.15, 0.2) is 17.5 Å². The molecule has 0 saturated heterocycles. The van der Waals surface area contributed by atoms with Gasteiger partial charge in [-0.25, -0.2) is 9.38 Å². The van der Waals surface area contributed by atoms with E-state index in [0.29, 0.717) is 24.8 Å². The van der Waals surface area contributed by atoms with Crippen molar-refractivity contribution < 1.29 is 18.7 Å². The second-order valence-corrected chi connectivity index (χ2v) is 6.62. The molecule has 1 heterocycles. The molecule has 7 heteroatoms. The van der Waals surface area contributed by atoms with E-state index in [-0.39, 0.29) is 18.4 Å². The Balaban J connectivity index is 1.94. The number of nitrogens with zero attached hydrogens (tertiary/aromatic N) is 1. The average molecular weight is 377 g/mol. The van der Waals surface area contributed by atoms with Crippen molar-refractivity contribution in [2.45, 2.75) is 39.4 Å². The topological polar surface area (TPSA) is 79.0 Å². The predicted molar refractivity (Wildman–Crippen MR) is 103 cm³/mol. The Hall–Kier alpha value is -2.54. The molecule has 0 aliphatic rings. The van der Waals surface area contributed by atoms with Gasteiger partial charge in [0.1, 0.15) is 23.2 Å². The quantitative estimate of drug-likeness (QED) is 0.487. The summed E-state index contributed by atoms with van der Waals surface area (Å²) in [5.41, 5.74) is -1.22. The first-order chi connectivity index (χ1) is 12.8. The lowest BCUT2D eigenvalue weighted by molar-refractivity contribution is 0.0428. The highest BCUT2D eigenvalue weighted by Gasteiger charge is 2.26. The van der Waals surface area contributed by atoms with Crippen molar-refractivity contribution in [2.24, 2.45) is 4.99 Å². The molecule has 0 aliphatic carbocycles. The van der Waals surface area contributed by atoms with E-state index in [1.54, 1.807) is 37.3 Å². The van der Waals surface area contributed by atoms with Gasteiger partial charge in [0.2, 0.25) is 0 Å². The summed E-state index contributed by atoms with van der Waals surface area (Å²) >= 11 is 0. The van der Waals surface area contributed by atoms with Crippen LogP contribution in [-0.2, 0) is 5.60 Å². The molecule has 2 aromatic rings. The maximum Gasteiger partial charge on any atom is 0.191 e. The first kappa shape index (κ1) is 20.8. The van der Waals surface area contributed by atoms with E-state index in [2.05, 4.69) is 15.6 Å². The SMILES string of the molecule is CCNC(=NCC(C)(O)c1ccc(C)o1)NCC(C)Oc1ccccc1F. The second kappa shape index (κ2) is 9.41. The highest BCUT2D eigenvalue weighted by Crippen LogP contribution is 2.23. The summed E-state index contributed by atoms with van der Waals surface area (Å²) in [5, 5.41) is 16.8. The van der Waals surface area contributed by atoms with E-state index >= 15 is 0 Å². The van der Waals surface area contributed by atoms with Crippen molar-refractivity contribution >= 4 is 5.96 Å². The molecule has 0 radical (unpaired) electrons. The van der Waals surface area contributed by atoms with Gasteiger partial charge in [-0.1, -0.05) is 12.1 Å². The van der Waals surface area contributed by atoms with E-state index in [1.165, 1.54) is 6.07 Å². The van der Waals surface area contributed by atoms with E-state index in [1.807, 2.05) is 20.8 Å². The van der Waals surface area contributed by atoms with Gasteiger partial charge in [0, 0.05) is 6.54 Å². The number of furan rings is 1. The van der Waals surface area contributed by atoms with E-state index in [9.17, 15) is 9.50 Å². The smallest absolute Gasteiger partial charge is 0.191 e. The molecular formula is C20H28FN3O3. The Labute approximate surface area is 159 Å². The second-order valence-electron chi connectivity index (χ2n) is 6.62. The van der Waals surface area contributed by atoms with Crippen molar-refractivity contribution in [2.75, 3.05) is 19.6 Å². The Kier molecular flexibility index (Phi) is 7.24. The maximum absolute atomic E-state index is 13.7. The van der Waals surface area contributed by atoms with Crippen LogP contribution in [0.1, 0.15) is 32.3 Å². The number of hydrogen-bond acceptors (Lipinski definition) is 4. The van der Waals surface area contributed by atoms with Crippen molar-refractivity contribution in [1.29, 1.82) is 0 Å². The van der Waals surface area contributed by atoms with Gasteiger partial charge in [-0.3, -0.25) is 0 Å². The number of aryl methyl sites for hydroxylation is 1. The van der Waals surface area contributed by atoms with E-state index < -0.39 is 11.4 Å². The fourth-order valence-electron chi connectivity index (χ4n) is 2.42. The highest BCUT2D eigenvalue weighted by atomic mass is 19.1. The van der Waals surface area contributed by atoms with E-state index in [4.69, 9.17) is 9.15 Å². The monoisotopic (exact) mass is 377 g/mol. The fourth-order valence-corrected chi connectivity index (χ4v) is 2.42. The maximum atomic E-state index is 13.7. The van der Waals surface area contributed by atoms with Crippen LogP contribution < -0.4 is 15.4 Å². The first-order valence-corrected chi connectivity index (χ1v) is 9.04. The normalized spacial score (nSPS) is 15.1. The van der Waals surface area contributed by atoms with Crippen molar-refractivity contribution in [3.8, 4) is 5.75 Å². The zero-order valence-corrected chi connectivity index (χ0v) is 16.3. The summed E-state index contributed by atoms with van der Waals surface area (Å²) in [6.45, 7) is 8.47. The van der Waals surface area contributed by atoms with Crippen LogP contribution >= 0.6 is 0 Å². The van der Waals surface area contributed by atoms with Crippen molar-refractivity contribution in [1.82, 2.24) is 10.6 Å². The van der Waals surface area contributed by atoms with Gasteiger partial charge in [-0.05, 0) is 52.0 Å². The van der Waals surface area contributed by atoms with Gasteiger partial charge in [-0.2, -0.15) is 0 Å². The van der Waals surface area contributed by atoms with Crippen LogP contribution in [0.4, 0.5) is 4.39 Å². The van der Waals surface area contributed by atoms with Crippen LogP contribution in [0, 0.1) is 12.7 Å². The molecule has 6 nitrogen and oxygen atoms in total. The third-order valence-corrected chi connectivity index (χ3v) is 3.88. The molecule has 0 bridgehead atoms. The Morgan fingerprint density at radius 2 is 2.04 bits per heavy atom. The first-order valence-electron chi connectivity index (χ1n) is 9.04. The Bertz CT molecular complexity index is 758. The molecule has 148 valence electrons. The largest absolute Gasteiger partial charge is 0.486 e. The zero-order valence-electron chi connectivity index (χ0n) is 16.3. The molecule has 0 saturated carbocycles. The number of aliphatic imine (C=N–C) groups is 1. The summed E-state index contributed by atoms with van der Waals surface area (Å²) < 4.78 is 24.8. The third-order valence-electron chi connectivity index (χ3n) is 3.88. The number of benzene rings is 1. The lowest BCUT2D eigenvalue weighted by Crippen LogP contribution is -2.42. The number of para-hydroxylation sites is 1. The molecule has 27 heavy (non-hydrogen) atoms. The number of aliphatic hydroxyl groups is 1. The summed E-state index contributed by atoms with van der Waals surface area (Å²) in [5.74, 6) is 1.55. The number of halogens is 1. The van der Waals surface area contributed by atoms with Gasteiger partial charge < -0.3 is 24.9 Å². The molecule has 1 aromatic carbocycles. The van der Waals surface area contributed by atoms with Gasteiger partial charge >= 0.3 is 0 Å². The molecule has 0 amide bonds. The summed E-state index contributed by atoms with van der Waals surface area (Å²) in [6, 6.07) is 9.84. The van der Waals surface area contributed by atoms with Crippen molar-refractivity contribution in [3.63, 3.8) is 0 Å². The van der Waals surface area contributed by atoms with Gasteiger partial charge in [0.05, 0.1) is 13.1 Å². The zero-order chi connectivity index (χ0) is 19.9. The minimum Gasteiger partial charge on any atom is -0.486 e. The third kappa shape index (κ3) is 6.29. The summed E-state index contributed by atoms with van der Waals surface area (Å²) in [4.78, 5) is 4.42. The minimum absolute atomic E-state index is 0.123. The van der Waals surface area contributed by atoms with Crippen LogP contribution in [0.5, 0.6) is 5.75 Å². The van der Waals surface area contributed by atoms with Gasteiger partial charge in [-0.15, -0.1) is 0 Å². The summed E-state index contributed by atoms with van der Waals surface area (Å²) in [7, 11) is 0. The van der Waals surface area contributed by atoms with Crippen LogP contribution in [0.2, 0.25) is 0 Å². The average Bonchev–Trinajstić information content (AvgIpc) is 3.07. The standard InChI is InChI=1S/C20H28FN3O3/c1-5-22-19(24-13-20(4,25)18-11-10-14(2)27-18)23-12-15(3)26-17-9-7-6-8-16(17)21/h6-11,15,25H,5,12-13H2,1-4H3,(H2,22,23,24).